The van der Waals surface area contributed by atoms with E-state index in [0.29, 0.717) is 22.8 Å². The molecule has 2 rings (SSSR count). The van der Waals surface area contributed by atoms with E-state index in [0.717, 1.165) is 0 Å². The van der Waals surface area contributed by atoms with E-state index in [1.165, 1.54) is 33.7 Å². The topological polar surface area (TPSA) is 99.0 Å². The van der Waals surface area contributed by atoms with Crippen molar-refractivity contribution in [3.63, 3.8) is 0 Å². The van der Waals surface area contributed by atoms with Gasteiger partial charge < -0.3 is 29.3 Å². The molecule has 0 saturated carbocycles. The van der Waals surface area contributed by atoms with Crippen LogP contribution in [0, 0.1) is 0 Å². The predicted molar refractivity (Wildman–Crippen MR) is 93.6 cm³/mol. The summed E-state index contributed by atoms with van der Waals surface area (Å²) >= 11 is 0. The Morgan fingerprint density at radius 2 is 1.73 bits per heavy atom. The van der Waals surface area contributed by atoms with Gasteiger partial charge in [0.05, 0.1) is 27.6 Å². The van der Waals surface area contributed by atoms with Crippen LogP contribution in [-0.4, -0.2) is 39.2 Å². The fraction of sp³-hybridized carbons (Fsp3) is 0.333. The highest BCUT2D eigenvalue weighted by atomic mass is 16.5. The summed E-state index contributed by atoms with van der Waals surface area (Å²) in [4.78, 5) is 24.2. The van der Waals surface area contributed by atoms with Crippen LogP contribution in [0.25, 0.3) is 0 Å². The highest BCUT2D eigenvalue weighted by molar-refractivity contribution is 5.95. The van der Waals surface area contributed by atoms with E-state index in [-0.39, 0.29) is 18.2 Å². The highest BCUT2D eigenvalue weighted by Crippen LogP contribution is 2.34. The molecule has 1 unspecified atom stereocenters. The van der Waals surface area contributed by atoms with Crippen molar-refractivity contribution in [1.29, 1.82) is 0 Å². The fourth-order valence-electron chi connectivity index (χ4n) is 2.31. The molecular formula is C18H22N2O6. The zero-order valence-electron chi connectivity index (χ0n) is 15.1. The van der Waals surface area contributed by atoms with Gasteiger partial charge in [-0.3, -0.25) is 9.59 Å². The van der Waals surface area contributed by atoms with E-state index in [2.05, 4.69) is 10.6 Å². The molecule has 0 bridgehead atoms. The smallest absolute Gasteiger partial charge is 0.287 e. The number of ether oxygens (including phenoxy) is 3. The van der Waals surface area contributed by atoms with Gasteiger partial charge in [-0.05, 0) is 25.1 Å². The Bertz CT molecular complexity index is 757. The van der Waals surface area contributed by atoms with Crippen LogP contribution in [0.2, 0.25) is 0 Å². The summed E-state index contributed by atoms with van der Waals surface area (Å²) in [6, 6.07) is 5.79. The molecule has 1 heterocycles. The summed E-state index contributed by atoms with van der Waals surface area (Å²) in [5, 5.41) is 5.32. The molecule has 1 aromatic heterocycles. The monoisotopic (exact) mass is 362 g/mol. The maximum absolute atomic E-state index is 12.2. The Hall–Kier alpha value is -3.16. The van der Waals surface area contributed by atoms with Gasteiger partial charge >= 0.3 is 0 Å². The summed E-state index contributed by atoms with van der Waals surface area (Å²) in [6.45, 7) is 1.78. The molecule has 0 aliphatic heterocycles. The summed E-state index contributed by atoms with van der Waals surface area (Å²) < 4.78 is 20.8. The van der Waals surface area contributed by atoms with Crippen molar-refractivity contribution in [3.8, 4) is 17.2 Å². The molecule has 140 valence electrons. The van der Waals surface area contributed by atoms with Gasteiger partial charge in [0.25, 0.3) is 5.91 Å². The third-order valence-electron chi connectivity index (χ3n) is 3.73. The van der Waals surface area contributed by atoms with Gasteiger partial charge in [-0.2, -0.15) is 0 Å². The number of carbonyl (C=O) groups excluding carboxylic acids is 2. The van der Waals surface area contributed by atoms with Crippen molar-refractivity contribution in [2.24, 2.45) is 0 Å². The summed E-state index contributed by atoms with van der Waals surface area (Å²) in [5.41, 5.74) is 0.711. The standard InChI is InChI=1S/C18H22N2O6/c1-11(20-18(22)13-6-5-7-26-13)17(21)19-10-12-8-15(24-3)16(25-4)9-14(12)23-2/h5-9,11H,10H2,1-4H3,(H,19,21)(H,20,22). The number of carbonyl (C=O) groups is 2. The second-order valence-corrected chi connectivity index (χ2v) is 5.41. The fourth-order valence-corrected chi connectivity index (χ4v) is 2.31. The minimum atomic E-state index is -0.737. The van der Waals surface area contributed by atoms with Crippen LogP contribution in [0.4, 0.5) is 0 Å². The molecule has 0 saturated heterocycles. The average molecular weight is 362 g/mol. The molecule has 0 aliphatic carbocycles. The molecular weight excluding hydrogens is 340 g/mol. The van der Waals surface area contributed by atoms with Gasteiger partial charge in [0.15, 0.2) is 17.3 Å². The lowest BCUT2D eigenvalue weighted by atomic mass is 10.1. The molecule has 2 aromatic rings. The number of furan rings is 1. The Balaban J connectivity index is 2.00. The lowest BCUT2D eigenvalue weighted by Gasteiger charge is -2.16. The minimum absolute atomic E-state index is 0.145. The van der Waals surface area contributed by atoms with E-state index in [1.807, 2.05) is 0 Å². The second-order valence-electron chi connectivity index (χ2n) is 5.41. The number of rotatable bonds is 8. The van der Waals surface area contributed by atoms with Crippen LogP contribution in [0.3, 0.4) is 0 Å². The number of methoxy groups -OCH3 is 3. The molecule has 2 amide bonds. The number of amides is 2. The van der Waals surface area contributed by atoms with E-state index >= 15 is 0 Å². The van der Waals surface area contributed by atoms with E-state index in [9.17, 15) is 9.59 Å². The van der Waals surface area contributed by atoms with Gasteiger partial charge in [-0.15, -0.1) is 0 Å². The Labute approximate surface area is 151 Å². The number of hydrogen-bond donors (Lipinski definition) is 2. The van der Waals surface area contributed by atoms with Gasteiger partial charge in [0.2, 0.25) is 5.91 Å². The first-order valence-corrected chi connectivity index (χ1v) is 7.91. The molecule has 8 nitrogen and oxygen atoms in total. The van der Waals surface area contributed by atoms with Crippen LogP contribution >= 0.6 is 0 Å². The van der Waals surface area contributed by atoms with E-state index < -0.39 is 11.9 Å². The van der Waals surface area contributed by atoms with E-state index in [1.54, 1.807) is 25.1 Å². The number of hydrogen-bond acceptors (Lipinski definition) is 6. The first-order valence-electron chi connectivity index (χ1n) is 7.91. The zero-order chi connectivity index (χ0) is 19.1. The van der Waals surface area contributed by atoms with E-state index in [4.69, 9.17) is 18.6 Å². The summed E-state index contributed by atoms with van der Waals surface area (Å²) in [5.74, 6) is 0.944. The molecule has 0 fully saturated rings. The molecule has 0 radical (unpaired) electrons. The molecule has 0 spiro atoms. The summed E-state index contributed by atoms with van der Waals surface area (Å²) in [7, 11) is 4.58. The second kappa shape index (κ2) is 8.80. The summed E-state index contributed by atoms with van der Waals surface area (Å²) in [6.07, 6.45) is 1.39. The van der Waals surface area contributed by atoms with Crippen molar-refractivity contribution < 1.29 is 28.2 Å². The molecule has 26 heavy (non-hydrogen) atoms. The maximum atomic E-state index is 12.2. The molecule has 2 N–H and O–H groups in total. The predicted octanol–water partition coefficient (Wildman–Crippen LogP) is 1.74. The third kappa shape index (κ3) is 4.47. The lowest BCUT2D eigenvalue weighted by Crippen LogP contribution is -2.44. The van der Waals surface area contributed by atoms with Crippen LogP contribution in [0.1, 0.15) is 23.0 Å². The SMILES string of the molecule is COc1cc(OC)c(OC)cc1CNC(=O)C(C)NC(=O)c1ccco1. The zero-order valence-corrected chi connectivity index (χ0v) is 15.1. The highest BCUT2D eigenvalue weighted by Gasteiger charge is 2.19. The first-order chi connectivity index (χ1) is 12.5. The third-order valence-corrected chi connectivity index (χ3v) is 3.73. The van der Waals surface area contributed by atoms with Gasteiger partial charge in [0, 0.05) is 18.2 Å². The average Bonchev–Trinajstić information content (AvgIpc) is 3.19. The molecule has 1 aromatic carbocycles. The molecule has 1 atom stereocenters. The van der Waals surface area contributed by atoms with Gasteiger partial charge in [-0.1, -0.05) is 0 Å². The quantitative estimate of drug-likeness (QED) is 0.742. The van der Waals surface area contributed by atoms with Crippen molar-refractivity contribution in [1.82, 2.24) is 10.6 Å². The number of nitrogens with one attached hydrogen (secondary N) is 2. The normalized spacial score (nSPS) is 11.4. The Morgan fingerprint density at radius 1 is 1.08 bits per heavy atom. The van der Waals surface area contributed by atoms with Crippen LogP contribution in [0.5, 0.6) is 17.2 Å². The largest absolute Gasteiger partial charge is 0.496 e. The van der Waals surface area contributed by atoms with Crippen molar-refractivity contribution >= 4 is 11.8 Å². The van der Waals surface area contributed by atoms with Crippen molar-refractivity contribution in [2.75, 3.05) is 21.3 Å². The van der Waals surface area contributed by atoms with Crippen molar-refractivity contribution in [3.05, 3.63) is 41.9 Å². The van der Waals surface area contributed by atoms with Gasteiger partial charge in [0.1, 0.15) is 11.8 Å². The molecule has 0 aliphatic rings. The minimum Gasteiger partial charge on any atom is -0.496 e. The molecule has 8 heteroatoms. The van der Waals surface area contributed by atoms with Crippen LogP contribution < -0.4 is 24.8 Å². The first kappa shape index (κ1) is 19.2. The van der Waals surface area contributed by atoms with Crippen LogP contribution in [0.15, 0.2) is 34.9 Å². The lowest BCUT2D eigenvalue weighted by molar-refractivity contribution is -0.122. The van der Waals surface area contributed by atoms with Crippen LogP contribution in [-0.2, 0) is 11.3 Å². The maximum Gasteiger partial charge on any atom is 0.287 e. The van der Waals surface area contributed by atoms with Crippen molar-refractivity contribution in [2.45, 2.75) is 19.5 Å². The van der Waals surface area contributed by atoms with Gasteiger partial charge in [-0.25, -0.2) is 0 Å². The Morgan fingerprint density at radius 3 is 2.31 bits per heavy atom. The Kier molecular flexibility index (Phi) is 6.48. The number of benzene rings is 1.